The first-order valence-corrected chi connectivity index (χ1v) is 9.46. The lowest BCUT2D eigenvalue weighted by atomic mass is 9.86. The fraction of sp³-hybridized carbons (Fsp3) is 0.364. The van der Waals surface area contributed by atoms with E-state index in [1.807, 2.05) is 30.5 Å². The van der Waals surface area contributed by atoms with Crippen molar-refractivity contribution in [2.45, 2.75) is 12.8 Å². The second-order valence-electron chi connectivity index (χ2n) is 7.26. The van der Waals surface area contributed by atoms with E-state index in [1.54, 1.807) is 7.11 Å². The first-order valence-electron chi connectivity index (χ1n) is 9.46. The molecule has 1 aromatic carbocycles. The first kappa shape index (κ1) is 17.7. The number of Topliss-reactive ketones (excluding diaryl/α,β-unsaturated/α-hetero) is 1. The molecule has 0 amide bonds. The van der Waals surface area contributed by atoms with Crippen molar-refractivity contribution < 1.29 is 9.53 Å². The number of methoxy groups -OCH3 is 1. The highest BCUT2D eigenvalue weighted by Crippen LogP contribution is 2.29. The molecule has 0 radical (unpaired) electrons. The number of ether oxygens (including phenoxy) is 1. The summed E-state index contributed by atoms with van der Waals surface area (Å²) in [4.78, 5) is 22.1. The number of piperazine rings is 1. The maximum atomic E-state index is 12.9. The number of ketones is 1. The zero-order chi connectivity index (χ0) is 18.8. The SMILES string of the molecule is COc1ccc2c(c1)C(=O)/C(=C/c1ccc(N3CCN(C)CC3)nc1)CC2. The molecule has 2 heterocycles. The van der Waals surface area contributed by atoms with E-state index < -0.39 is 0 Å². The molecule has 1 aromatic heterocycles. The van der Waals surface area contributed by atoms with Crippen molar-refractivity contribution >= 4 is 17.7 Å². The zero-order valence-corrected chi connectivity index (χ0v) is 15.9. The number of hydrogen-bond acceptors (Lipinski definition) is 5. The minimum atomic E-state index is 0.0956. The summed E-state index contributed by atoms with van der Waals surface area (Å²) in [6, 6.07) is 9.88. The fourth-order valence-corrected chi connectivity index (χ4v) is 3.71. The van der Waals surface area contributed by atoms with Gasteiger partial charge < -0.3 is 14.5 Å². The number of allylic oxidation sites excluding steroid dienone is 1. The van der Waals surface area contributed by atoms with Gasteiger partial charge in [-0.15, -0.1) is 0 Å². The molecule has 1 fully saturated rings. The van der Waals surface area contributed by atoms with Gasteiger partial charge in [0.2, 0.25) is 0 Å². The van der Waals surface area contributed by atoms with Crippen molar-refractivity contribution in [1.82, 2.24) is 9.88 Å². The molecule has 5 heteroatoms. The maximum absolute atomic E-state index is 12.9. The summed E-state index contributed by atoms with van der Waals surface area (Å²) < 4.78 is 5.27. The fourth-order valence-electron chi connectivity index (χ4n) is 3.71. The molecule has 0 saturated carbocycles. The zero-order valence-electron chi connectivity index (χ0n) is 15.9. The molecule has 1 saturated heterocycles. The van der Waals surface area contributed by atoms with Crippen LogP contribution in [-0.4, -0.2) is 56.0 Å². The third-order valence-corrected chi connectivity index (χ3v) is 5.46. The van der Waals surface area contributed by atoms with Gasteiger partial charge in [-0.1, -0.05) is 6.07 Å². The van der Waals surface area contributed by atoms with Gasteiger partial charge in [0.15, 0.2) is 5.78 Å². The number of pyridine rings is 1. The number of benzene rings is 1. The van der Waals surface area contributed by atoms with Crippen LogP contribution < -0.4 is 9.64 Å². The van der Waals surface area contributed by atoms with Crippen LogP contribution in [0.1, 0.15) is 27.9 Å². The lowest BCUT2D eigenvalue weighted by Gasteiger charge is -2.33. The average Bonchev–Trinajstić information content (AvgIpc) is 2.71. The third kappa shape index (κ3) is 3.74. The molecule has 2 aliphatic rings. The number of likely N-dealkylation sites (N-methyl/N-ethyl adjacent to an activating group) is 1. The highest BCUT2D eigenvalue weighted by atomic mass is 16.5. The van der Waals surface area contributed by atoms with Crippen molar-refractivity contribution in [3.63, 3.8) is 0 Å². The van der Waals surface area contributed by atoms with Gasteiger partial charge in [0.1, 0.15) is 11.6 Å². The number of hydrogen-bond donors (Lipinski definition) is 0. The van der Waals surface area contributed by atoms with Crippen LogP contribution in [0.4, 0.5) is 5.82 Å². The Balaban J connectivity index is 1.52. The Morgan fingerprint density at radius 3 is 2.59 bits per heavy atom. The van der Waals surface area contributed by atoms with Crippen LogP contribution in [0.25, 0.3) is 6.08 Å². The summed E-state index contributed by atoms with van der Waals surface area (Å²) in [5.74, 6) is 1.83. The minimum absolute atomic E-state index is 0.0956. The molecule has 1 aliphatic heterocycles. The predicted molar refractivity (Wildman–Crippen MR) is 108 cm³/mol. The van der Waals surface area contributed by atoms with Gasteiger partial charge in [-0.05, 0) is 61.4 Å². The molecule has 0 N–H and O–H groups in total. The molecule has 0 unspecified atom stereocenters. The highest BCUT2D eigenvalue weighted by molar-refractivity contribution is 6.13. The average molecular weight is 363 g/mol. The van der Waals surface area contributed by atoms with Gasteiger partial charge in [-0.25, -0.2) is 4.98 Å². The van der Waals surface area contributed by atoms with Crippen LogP contribution in [0.2, 0.25) is 0 Å². The second kappa shape index (κ2) is 7.53. The standard InChI is InChI=1S/C22H25N3O2/c1-24-9-11-25(12-10-24)21-8-3-16(15-23-21)13-18-5-4-17-6-7-19(27-2)14-20(17)22(18)26/h3,6-8,13-15H,4-5,9-12H2,1-2H3/b18-13+. The summed E-state index contributed by atoms with van der Waals surface area (Å²) >= 11 is 0. The van der Waals surface area contributed by atoms with Crippen LogP contribution in [0, 0.1) is 0 Å². The Kier molecular flexibility index (Phi) is 4.94. The van der Waals surface area contributed by atoms with E-state index >= 15 is 0 Å². The molecule has 1 aliphatic carbocycles. The minimum Gasteiger partial charge on any atom is -0.497 e. The van der Waals surface area contributed by atoms with Gasteiger partial charge in [-0.3, -0.25) is 4.79 Å². The van der Waals surface area contributed by atoms with Crippen molar-refractivity contribution in [2.75, 3.05) is 45.2 Å². The van der Waals surface area contributed by atoms with Gasteiger partial charge in [0.05, 0.1) is 7.11 Å². The summed E-state index contributed by atoms with van der Waals surface area (Å²) in [6.45, 7) is 4.12. The van der Waals surface area contributed by atoms with Crippen LogP contribution >= 0.6 is 0 Å². The Labute approximate surface area is 160 Å². The number of carbonyl (C=O) groups excluding carboxylic acids is 1. The van der Waals surface area contributed by atoms with Crippen molar-refractivity contribution in [2.24, 2.45) is 0 Å². The number of fused-ring (bicyclic) bond motifs is 1. The van der Waals surface area contributed by atoms with Gasteiger partial charge in [0, 0.05) is 43.5 Å². The number of nitrogens with zero attached hydrogens (tertiary/aromatic N) is 3. The lowest BCUT2D eigenvalue weighted by molar-refractivity contribution is 0.102. The smallest absolute Gasteiger partial charge is 0.189 e. The molecule has 4 rings (SSSR count). The van der Waals surface area contributed by atoms with E-state index in [4.69, 9.17) is 4.74 Å². The van der Waals surface area contributed by atoms with Gasteiger partial charge >= 0.3 is 0 Å². The lowest BCUT2D eigenvalue weighted by Crippen LogP contribution is -2.44. The first-order chi connectivity index (χ1) is 13.1. The van der Waals surface area contributed by atoms with E-state index in [0.29, 0.717) is 0 Å². The Morgan fingerprint density at radius 1 is 1.07 bits per heavy atom. The normalized spacial score (nSPS) is 19.3. The Hall–Kier alpha value is -2.66. The molecule has 5 nitrogen and oxygen atoms in total. The van der Waals surface area contributed by atoms with Crippen LogP contribution in [-0.2, 0) is 6.42 Å². The van der Waals surface area contributed by atoms with E-state index in [9.17, 15) is 4.79 Å². The van der Waals surface area contributed by atoms with Crippen molar-refractivity contribution in [3.8, 4) is 5.75 Å². The molecule has 27 heavy (non-hydrogen) atoms. The number of anilines is 1. The number of aromatic nitrogens is 1. The van der Waals surface area contributed by atoms with Crippen LogP contribution in [0.5, 0.6) is 5.75 Å². The molecule has 0 spiro atoms. The molecule has 2 aromatic rings. The topological polar surface area (TPSA) is 45.7 Å². The van der Waals surface area contributed by atoms with Crippen molar-refractivity contribution in [3.05, 3.63) is 58.8 Å². The molecule has 0 atom stereocenters. The van der Waals surface area contributed by atoms with Gasteiger partial charge in [0.25, 0.3) is 0 Å². The summed E-state index contributed by atoms with van der Waals surface area (Å²) in [5.41, 5.74) is 3.67. The van der Waals surface area contributed by atoms with E-state index in [1.165, 1.54) is 0 Å². The summed E-state index contributed by atoms with van der Waals surface area (Å²) in [6.07, 6.45) is 5.49. The Bertz CT molecular complexity index is 866. The number of carbonyl (C=O) groups is 1. The third-order valence-electron chi connectivity index (χ3n) is 5.46. The van der Waals surface area contributed by atoms with Crippen LogP contribution in [0.15, 0.2) is 42.1 Å². The van der Waals surface area contributed by atoms with E-state index in [0.717, 1.165) is 72.9 Å². The van der Waals surface area contributed by atoms with E-state index in [-0.39, 0.29) is 5.78 Å². The quantitative estimate of drug-likeness (QED) is 0.785. The summed E-state index contributed by atoms with van der Waals surface area (Å²) in [7, 11) is 3.77. The van der Waals surface area contributed by atoms with E-state index in [2.05, 4.69) is 34.0 Å². The molecular formula is C22H25N3O2. The second-order valence-corrected chi connectivity index (χ2v) is 7.26. The van der Waals surface area contributed by atoms with Gasteiger partial charge in [-0.2, -0.15) is 0 Å². The summed E-state index contributed by atoms with van der Waals surface area (Å²) in [5, 5.41) is 0. The highest BCUT2D eigenvalue weighted by Gasteiger charge is 2.22. The predicted octanol–water partition coefficient (Wildman–Crippen LogP) is 3.05. The molecular weight excluding hydrogens is 338 g/mol. The Morgan fingerprint density at radius 2 is 1.89 bits per heavy atom. The largest absolute Gasteiger partial charge is 0.497 e. The van der Waals surface area contributed by atoms with Crippen LogP contribution in [0.3, 0.4) is 0 Å². The number of aryl methyl sites for hydroxylation is 1. The maximum Gasteiger partial charge on any atom is 0.189 e. The molecule has 140 valence electrons. The monoisotopic (exact) mass is 363 g/mol. The number of rotatable bonds is 3. The molecule has 0 bridgehead atoms. The van der Waals surface area contributed by atoms with Crippen molar-refractivity contribution in [1.29, 1.82) is 0 Å².